The molecule has 2 rings (SSSR count). The molecule has 0 spiro atoms. The van der Waals surface area contributed by atoms with Gasteiger partial charge in [-0.3, -0.25) is 9.69 Å². The Balaban J connectivity index is 2.18. The van der Waals surface area contributed by atoms with Crippen LogP contribution in [0.3, 0.4) is 0 Å². The first kappa shape index (κ1) is 11.9. The summed E-state index contributed by atoms with van der Waals surface area (Å²) in [5.41, 5.74) is 0.792. The van der Waals surface area contributed by atoms with E-state index in [2.05, 4.69) is 0 Å². The molecule has 1 aliphatic rings. The summed E-state index contributed by atoms with van der Waals surface area (Å²) in [4.78, 5) is 12.8. The Morgan fingerprint density at radius 2 is 2.12 bits per heavy atom. The first-order valence-corrected chi connectivity index (χ1v) is 5.85. The number of para-hydroxylation sites is 1. The van der Waals surface area contributed by atoms with Crippen molar-refractivity contribution < 1.29 is 15.0 Å². The molecule has 0 radical (unpaired) electrons. The summed E-state index contributed by atoms with van der Waals surface area (Å²) < 4.78 is 0. The molecule has 1 fully saturated rings. The predicted octanol–water partition coefficient (Wildman–Crippen LogP) is 2.00. The van der Waals surface area contributed by atoms with Crippen molar-refractivity contribution in [1.29, 1.82) is 0 Å². The Morgan fingerprint density at radius 1 is 1.47 bits per heavy atom. The van der Waals surface area contributed by atoms with Gasteiger partial charge in [0.2, 0.25) is 0 Å². The van der Waals surface area contributed by atoms with Crippen molar-refractivity contribution in [3.05, 3.63) is 29.8 Å². The predicted molar refractivity (Wildman–Crippen MR) is 63.9 cm³/mol. The highest BCUT2D eigenvalue weighted by molar-refractivity contribution is 5.69. The molecule has 4 nitrogen and oxygen atoms in total. The van der Waals surface area contributed by atoms with E-state index >= 15 is 0 Å². The summed E-state index contributed by atoms with van der Waals surface area (Å²) in [7, 11) is 0. The van der Waals surface area contributed by atoms with Gasteiger partial charge in [0.1, 0.15) is 5.75 Å². The van der Waals surface area contributed by atoms with Crippen molar-refractivity contribution in [2.45, 2.75) is 31.8 Å². The quantitative estimate of drug-likeness (QED) is 0.819. The standard InChI is InChI=1S/C13H17NO3/c1-9(11-4-2-3-5-12(11)15)14(8-13(16)17)10-6-7-10/h2-5,9-10,15H,6-8H2,1H3,(H,16,17). The lowest BCUT2D eigenvalue weighted by Gasteiger charge is -2.28. The van der Waals surface area contributed by atoms with Crippen LogP contribution in [0.2, 0.25) is 0 Å². The number of benzene rings is 1. The number of hydrogen-bond acceptors (Lipinski definition) is 3. The first-order chi connectivity index (χ1) is 8.09. The molecule has 1 aromatic rings. The average Bonchev–Trinajstić information content (AvgIpc) is 3.09. The summed E-state index contributed by atoms with van der Waals surface area (Å²) in [6, 6.07) is 7.39. The van der Waals surface area contributed by atoms with Crippen molar-refractivity contribution in [2.24, 2.45) is 0 Å². The summed E-state index contributed by atoms with van der Waals surface area (Å²) in [5.74, 6) is -0.588. The zero-order valence-electron chi connectivity index (χ0n) is 9.84. The third-order valence-corrected chi connectivity index (χ3v) is 3.22. The highest BCUT2D eigenvalue weighted by Crippen LogP contribution is 2.36. The minimum Gasteiger partial charge on any atom is -0.508 e. The van der Waals surface area contributed by atoms with Crippen molar-refractivity contribution in [1.82, 2.24) is 4.90 Å². The molecule has 0 aliphatic heterocycles. The first-order valence-electron chi connectivity index (χ1n) is 5.85. The third-order valence-electron chi connectivity index (χ3n) is 3.22. The number of carboxylic acid groups (broad SMARTS) is 1. The van der Waals surface area contributed by atoms with Gasteiger partial charge in [-0.1, -0.05) is 18.2 Å². The van der Waals surface area contributed by atoms with E-state index in [1.807, 2.05) is 24.0 Å². The van der Waals surface area contributed by atoms with Gasteiger partial charge in [-0.15, -0.1) is 0 Å². The second-order valence-electron chi connectivity index (χ2n) is 4.53. The number of phenolic OH excluding ortho intramolecular Hbond substituents is 1. The van der Waals surface area contributed by atoms with E-state index in [0.717, 1.165) is 18.4 Å². The van der Waals surface area contributed by atoms with Gasteiger partial charge in [-0.2, -0.15) is 0 Å². The number of hydrogen-bond donors (Lipinski definition) is 2. The number of carboxylic acids is 1. The number of rotatable bonds is 5. The fourth-order valence-electron chi connectivity index (χ4n) is 2.16. The van der Waals surface area contributed by atoms with E-state index in [0.29, 0.717) is 6.04 Å². The molecule has 17 heavy (non-hydrogen) atoms. The molecular formula is C13H17NO3. The van der Waals surface area contributed by atoms with E-state index < -0.39 is 5.97 Å². The van der Waals surface area contributed by atoms with Crippen LogP contribution in [0, 0.1) is 0 Å². The fourth-order valence-corrected chi connectivity index (χ4v) is 2.16. The molecule has 0 saturated heterocycles. The van der Waals surface area contributed by atoms with E-state index in [9.17, 15) is 9.90 Å². The molecule has 92 valence electrons. The Morgan fingerprint density at radius 3 is 2.65 bits per heavy atom. The number of carbonyl (C=O) groups is 1. The van der Waals surface area contributed by atoms with Crippen LogP contribution in [0.25, 0.3) is 0 Å². The van der Waals surface area contributed by atoms with Crippen LogP contribution in [0.5, 0.6) is 5.75 Å². The second-order valence-corrected chi connectivity index (χ2v) is 4.53. The van der Waals surface area contributed by atoms with Crippen molar-refractivity contribution in [2.75, 3.05) is 6.54 Å². The van der Waals surface area contributed by atoms with E-state index in [1.165, 1.54) is 0 Å². The van der Waals surface area contributed by atoms with Gasteiger partial charge in [0, 0.05) is 17.6 Å². The average molecular weight is 235 g/mol. The molecule has 1 unspecified atom stereocenters. The topological polar surface area (TPSA) is 60.8 Å². The van der Waals surface area contributed by atoms with Crippen LogP contribution in [-0.2, 0) is 4.79 Å². The van der Waals surface area contributed by atoms with Gasteiger partial charge < -0.3 is 10.2 Å². The summed E-state index contributed by atoms with van der Waals surface area (Å²) >= 11 is 0. The van der Waals surface area contributed by atoms with Crippen LogP contribution in [-0.4, -0.2) is 33.7 Å². The molecule has 1 aliphatic carbocycles. The lowest BCUT2D eigenvalue weighted by Crippen LogP contribution is -2.34. The zero-order valence-corrected chi connectivity index (χ0v) is 9.84. The molecule has 0 heterocycles. The van der Waals surface area contributed by atoms with Crippen molar-refractivity contribution >= 4 is 5.97 Å². The van der Waals surface area contributed by atoms with E-state index in [-0.39, 0.29) is 18.3 Å². The van der Waals surface area contributed by atoms with Crippen molar-refractivity contribution in [3.8, 4) is 5.75 Å². The minimum atomic E-state index is -0.820. The van der Waals surface area contributed by atoms with E-state index in [4.69, 9.17) is 5.11 Å². The molecule has 0 bridgehead atoms. The molecule has 2 N–H and O–H groups in total. The molecule has 1 aromatic carbocycles. The Labute approximate surface area is 100 Å². The smallest absolute Gasteiger partial charge is 0.317 e. The maximum atomic E-state index is 10.9. The van der Waals surface area contributed by atoms with Gasteiger partial charge in [0.05, 0.1) is 6.54 Å². The Kier molecular flexibility index (Phi) is 3.33. The molecule has 0 aromatic heterocycles. The van der Waals surface area contributed by atoms with Gasteiger partial charge >= 0.3 is 5.97 Å². The normalized spacial score (nSPS) is 17.1. The molecule has 1 atom stereocenters. The maximum absolute atomic E-state index is 10.9. The van der Waals surface area contributed by atoms with Gasteiger partial charge in [-0.05, 0) is 25.8 Å². The van der Waals surface area contributed by atoms with Gasteiger partial charge in [0.15, 0.2) is 0 Å². The van der Waals surface area contributed by atoms with Gasteiger partial charge in [-0.25, -0.2) is 0 Å². The number of aliphatic carboxylic acids is 1. The molecule has 1 saturated carbocycles. The van der Waals surface area contributed by atoms with E-state index in [1.54, 1.807) is 12.1 Å². The largest absolute Gasteiger partial charge is 0.508 e. The Bertz CT molecular complexity index is 415. The zero-order chi connectivity index (χ0) is 12.4. The van der Waals surface area contributed by atoms with Gasteiger partial charge in [0.25, 0.3) is 0 Å². The number of aromatic hydroxyl groups is 1. The third kappa shape index (κ3) is 2.77. The minimum absolute atomic E-state index is 0.0279. The summed E-state index contributed by atoms with van der Waals surface area (Å²) in [5, 5.41) is 18.7. The Hall–Kier alpha value is -1.55. The molecular weight excluding hydrogens is 218 g/mol. The van der Waals surface area contributed by atoms with Crippen LogP contribution < -0.4 is 0 Å². The number of phenols is 1. The van der Waals surface area contributed by atoms with Crippen LogP contribution in [0.4, 0.5) is 0 Å². The number of nitrogens with zero attached hydrogens (tertiary/aromatic N) is 1. The highest BCUT2D eigenvalue weighted by Gasteiger charge is 2.34. The van der Waals surface area contributed by atoms with Crippen LogP contribution in [0.1, 0.15) is 31.4 Å². The van der Waals surface area contributed by atoms with Crippen LogP contribution >= 0.6 is 0 Å². The lowest BCUT2D eigenvalue weighted by atomic mass is 10.1. The highest BCUT2D eigenvalue weighted by atomic mass is 16.4. The van der Waals surface area contributed by atoms with Crippen LogP contribution in [0.15, 0.2) is 24.3 Å². The molecule has 4 heteroatoms. The van der Waals surface area contributed by atoms with Crippen molar-refractivity contribution in [3.63, 3.8) is 0 Å². The molecule has 0 amide bonds. The monoisotopic (exact) mass is 235 g/mol. The summed E-state index contributed by atoms with van der Waals surface area (Å²) in [6.45, 7) is 1.97. The fraction of sp³-hybridized carbons (Fsp3) is 0.462. The lowest BCUT2D eigenvalue weighted by molar-refractivity contribution is -0.139. The second kappa shape index (κ2) is 4.75. The summed E-state index contributed by atoms with van der Waals surface area (Å²) in [6.07, 6.45) is 2.09. The maximum Gasteiger partial charge on any atom is 0.317 e. The SMILES string of the molecule is CC(c1ccccc1O)N(CC(=O)O)C1CC1.